The summed E-state index contributed by atoms with van der Waals surface area (Å²) in [4.78, 5) is 6.73. The Morgan fingerprint density at radius 3 is 3.20 bits per heavy atom. The third kappa shape index (κ3) is 2.69. The number of rotatable bonds is 2. The summed E-state index contributed by atoms with van der Waals surface area (Å²) in [5, 5.41) is 0. The van der Waals surface area contributed by atoms with Crippen LogP contribution in [0, 0.1) is 0 Å². The summed E-state index contributed by atoms with van der Waals surface area (Å²) in [5.74, 6) is 1.03. The van der Waals surface area contributed by atoms with Gasteiger partial charge in [-0.1, -0.05) is 13.0 Å². The second kappa shape index (κ2) is 4.94. The summed E-state index contributed by atoms with van der Waals surface area (Å²) in [6.07, 6.45) is 1.41. The lowest BCUT2D eigenvalue weighted by Gasteiger charge is -2.33. The van der Waals surface area contributed by atoms with Gasteiger partial charge in [0.25, 0.3) is 0 Å². The van der Waals surface area contributed by atoms with Gasteiger partial charge in [-0.3, -0.25) is 0 Å². The molecule has 1 atom stereocenters. The van der Waals surface area contributed by atoms with Gasteiger partial charge in [0.2, 0.25) is 0 Å². The van der Waals surface area contributed by atoms with E-state index in [2.05, 4.69) is 32.7 Å². The fraction of sp³-hybridized carbons (Fsp3) is 0.545. The summed E-state index contributed by atoms with van der Waals surface area (Å²) in [6.45, 7) is 4.83. The molecule has 1 fully saturated rings. The lowest BCUT2D eigenvalue weighted by atomic mass is 10.2. The molecule has 0 aliphatic carbocycles. The van der Waals surface area contributed by atoms with Crippen LogP contribution >= 0.6 is 15.9 Å². The van der Waals surface area contributed by atoms with E-state index in [9.17, 15) is 0 Å². The zero-order valence-electron chi connectivity index (χ0n) is 8.82. The van der Waals surface area contributed by atoms with Crippen molar-refractivity contribution in [1.82, 2.24) is 4.98 Å². The van der Waals surface area contributed by atoms with Gasteiger partial charge in [-0.25, -0.2) is 4.98 Å². The molecule has 1 aliphatic heterocycles. The summed E-state index contributed by atoms with van der Waals surface area (Å²) < 4.78 is 6.52. The first-order chi connectivity index (χ1) is 7.29. The smallest absolute Gasteiger partial charge is 0.130 e. The van der Waals surface area contributed by atoms with E-state index in [0.29, 0.717) is 6.10 Å². The number of nitrogens with zero attached hydrogens (tertiary/aromatic N) is 2. The van der Waals surface area contributed by atoms with E-state index in [1.165, 1.54) is 0 Å². The quantitative estimate of drug-likeness (QED) is 0.773. The monoisotopic (exact) mass is 270 g/mol. The second-order valence-electron chi connectivity index (χ2n) is 3.67. The number of ether oxygens (including phenoxy) is 1. The van der Waals surface area contributed by atoms with Crippen LogP contribution in [-0.2, 0) is 4.74 Å². The van der Waals surface area contributed by atoms with E-state index >= 15 is 0 Å². The van der Waals surface area contributed by atoms with Crippen molar-refractivity contribution in [3.05, 3.63) is 22.8 Å². The molecule has 1 saturated heterocycles. The summed E-state index contributed by atoms with van der Waals surface area (Å²) in [7, 11) is 0. The molecule has 1 unspecified atom stereocenters. The predicted octanol–water partition coefficient (Wildman–Crippen LogP) is 2.46. The average Bonchev–Trinajstić information content (AvgIpc) is 2.29. The maximum absolute atomic E-state index is 5.63. The molecular weight excluding hydrogens is 256 g/mol. The molecule has 0 amide bonds. The Hall–Kier alpha value is -0.610. The molecule has 0 aromatic carbocycles. The Balaban J connectivity index is 2.09. The van der Waals surface area contributed by atoms with Crippen molar-refractivity contribution in [3.8, 4) is 0 Å². The van der Waals surface area contributed by atoms with Crippen LogP contribution in [0.15, 0.2) is 22.8 Å². The number of pyridine rings is 1. The first kappa shape index (κ1) is 10.9. The Morgan fingerprint density at radius 2 is 2.47 bits per heavy atom. The number of hydrogen-bond donors (Lipinski definition) is 0. The lowest BCUT2D eigenvalue weighted by Crippen LogP contribution is -2.42. The number of anilines is 1. The highest BCUT2D eigenvalue weighted by Gasteiger charge is 2.19. The number of hydrogen-bond acceptors (Lipinski definition) is 3. The zero-order chi connectivity index (χ0) is 10.7. The van der Waals surface area contributed by atoms with Gasteiger partial charge < -0.3 is 9.64 Å². The fourth-order valence-corrected chi connectivity index (χ4v) is 2.08. The topological polar surface area (TPSA) is 25.4 Å². The molecule has 2 heterocycles. The molecule has 0 bridgehead atoms. The molecule has 4 heteroatoms. The van der Waals surface area contributed by atoms with E-state index < -0.39 is 0 Å². The molecule has 1 aromatic rings. The molecule has 0 N–H and O–H groups in total. The molecule has 1 aliphatic rings. The van der Waals surface area contributed by atoms with E-state index in [4.69, 9.17) is 4.74 Å². The minimum Gasteiger partial charge on any atom is -0.375 e. The lowest BCUT2D eigenvalue weighted by molar-refractivity contribution is 0.0381. The van der Waals surface area contributed by atoms with Gasteiger partial charge in [-0.2, -0.15) is 0 Å². The minimum absolute atomic E-state index is 0.347. The van der Waals surface area contributed by atoms with E-state index in [0.717, 1.165) is 36.5 Å². The fourth-order valence-electron chi connectivity index (χ4n) is 1.75. The summed E-state index contributed by atoms with van der Waals surface area (Å²) >= 11 is 3.39. The van der Waals surface area contributed by atoms with Gasteiger partial charge in [-0.15, -0.1) is 0 Å². The first-order valence-electron chi connectivity index (χ1n) is 5.28. The van der Waals surface area contributed by atoms with E-state index in [1.807, 2.05) is 18.2 Å². The van der Waals surface area contributed by atoms with Gasteiger partial charge in [0.05, 0.1) is 12.7 Å². The normalized spacial score (nSPS) is 21.7. The third-order valence-electron chi connectivity index (χ3n) is 2.62. The highest BCUT2D eigenvalue weighted by atomic mass is 79.9. The number of aromatic nitrogens is 1. The maximum atomic E-state index is 5.63. The molecule has 0 spiro atoms. The number of halogens is 1. The second-order valence-corrected chi connectivity index (χ2v) is 4.48. The highest BCUT2D eigenvalue weighted by molar-refractivity contribution is 9.10. The van der Waals surface area contributed by atoms with Crippen LogP contribution in [-0.4, -0.2) is 30.8 Å². The van der Waals surface area contributed by atoms with Crippen LogP contribution in [0.5, 0.6) is 0 Å². The summed E-state index contributed by atoms with van der Waals surface area (Å²) in [6, 6.07) is 6.01. The standard InChI is InChI=1S/C11H15BrN2O/c1-2-9-8-14(6-7-15-9)11-5-3-4-10(12)13-11/h3-5,9H,2,6-8H2,1H3. The largest absolute Gasteiger partial charge is 0.375 e. The van der Waals surface area contributed by atoms with Crippen LogP contribution in [0.4, 0.5) is 5.82 Å². The van der Waals surface area contributed by atoms with Crippen LogP contribution in [0.1, 0.15) is 13.3 Å². The Labute approximate surface area is 98.6 Å². The van der Waals surface area contributed by atoms with E-state index in [-0.39, 0.29) is 0 Å². The molecule has 1 aromatic heterocycles. The predicted molar refractivity (Wildman–Crippen MR) is 64.2 cm³/mol. The first-order valence-corrected chi connectivity index (χ1v) is 6.08. The molecule has 2 rings (SSSR count). The molecule has 15 heavy (non-hydrogen) atoms. The van der Waals surface area contributed by atoms with Gasteiger partial charge in [0.15, 0.2) is 0 Å². The Morgan fingerprint density at radius 1 is 1.60 bits per heavy atom. The maximum Gasteiger partial charge on any atom is 0.130 e. The van der Waals surface area contributed by atoms with Gasteiger partial charge >= 0.3 is 0 Å². The molecule has 0 saturated carbocycles. The van der Waals surface area contributed by atoms with Crippen molar-refractivity contribution in [2.45, 2.75) is 19.4 Å². The van der Waals surface area contributed by atoms with Gasteiger partial charge in [-0.05, 0) is 34.5 Å². The van der Waals surface area contributed by atoms with Crippen molar-refractivity contribution in [2.75, 3.05) is 24.6 Å². The average molecular weight is 271 g/mol. The zero-order valence-corrected chi connectivity index (χ0v) is 10.4. The SMILES string of the molecule is CCC1CN(c2cccc(Br)n2)CCO1. The van der Waals surface area contributed by atoms with Crippen molar-refractivity contribution >= 4 is 21.7 Å². The molecular formula is C11H15BrN2O. The van der Waals surface area contributed by atoms with Crippen molar-refractivity contribution in [1.29, 1.82) is 0 Å². The Bertz CT molecular complexity index is 332. The highest BCUT2D eigenvalue weighted by Crippen LogP contribution is 2.18. The van der Waals surface area contributed by atoms with E-state index in [1.54, 1.807) is 0 Å². The van der Waals surface area contributed by atoms with Crippen LogP contribution in [0.2, 0.25) is 0 Å². The van der Waals surface area contributed by atoms with Gasteiger partial charge in [0, 0.05) is 13.1 Å². The van der Waals surface area contributed by atoms with Crippen molar-refractivity contribution in [2.24, 2.45) is 0 Å². The van der Waals surface area contributed by atoms with Crippen LogP contribution in [0.3, 0.4) is 0 Å². The van der Waals surface area contributed by atoms with Gasteiger partial charge in [0.1, 0.15) is 10.4 Å². The van der Waals surface area contributed by atoms with Crippen molar-refractivity contribution < 1.29 is 4.74 Å². The Kier molecular flexibility index (Phi) is 3.59. The molecule has 82 valence electrons. The molecule has 0 radical (unpaired) electrons. The summed E-state index contributed by atoms with van der Waals surface area (Å²) in [5.41, 5.74) is 0. The van der Waals surface area contributed by atoms with Crippen LogP contribution in [0.25, 0.3) is 0 Å². The van der Waals surface area contributed by atoms with Crippen LogP contribution < -0.4 is 4.90 Å². The molecule has 3 nitrogen and oxygen atoms in total. The minimum atomic E-state index is 0.347. The third-order valence-corrected chi connectivity index (χ3v) is 3.06. The number of morpholine rings is 1. The van der Waals surface area contributed by atoms with Crippen molar-refractivity contribution in [3.63, 3.8) is 0 Å².